The van der Waals surface area contributed by atoms with Crippen LogP contribution in [0.25, 0.3) is 0 Å². The average Bonchev–Trinajstić information content (AvgIpc) is 2.31. The van der Waals surface area contributed by atoms with Crippen LogP contribution < -0.4 is 10.6 Å². The molecular weight excluding hydrogens is 295 g/mol. The molecule has 1 rings (SSSR count). The van der Waals surface area contributed by atoms with Gasteiger partial charge < -0.3 is 10.6 Å². The number of amides is 1. The van der Waals surface area contributed by atoms with Gasteiger partial charge >= 0.3 is 0 Å². The molecule has 0 saturated heterocycles. The molecule has 0 spiro atoms. The summed E-state index contributed by atoms with van der Waals surface area (Å²) in [6, 6.07) is 7.75. The third-order valence-electron chi connectivity index (χ3n) is 2.90. The van der Waals surface area contributed by atoms with Crippen molar-refractivity contribution in [2.45, 2.75) is 38.6 Å². The molecule has 1 aromatic carbocycles. The molecule has 0 unspecified atom stereocenters. The van der Waals surface area contributed by atoms with E-state index < -0.39 is 0 Å². The molecule has 0 saturated carbocycles. The highest BCUT2D eigenvalue weighted by molar-refractivity contribution is 6.31. The molecule has 2 N–H and O–H groups in total. The van der Waals surface area contributed by atoms with Crippen molar-refractivity contribution in [2.24, 2.45) is 0 Å². The Hall–Kier alpha value is -0.770. The number of nitrogens with one attached hydrogen (secondary N) is 2. The Kier molecular flexibility index (Phi) is 8.86. The summed E-state index contributed by atoms with van der Waals surface area (Å²) in [5.41, 5.74) is 0.770. The average molecular weight is 319 g/mol. The minimum Gasteiger partial charge on any atom is -0.351 e. The van der Waals surface area contributed by atoms with Crippen molar-refractivity contribution in [1.29, 1.82) is 0 Å². The van der Waals surface area contributed by atoms with Crippen LogP contribution in [0.2, 0.25) is 5.02 Å². The summed E-state index contributed by atoms with van der Waals surface area (Å²) in [7, 11) is 1.89. The van der Waals surface area contributed by atoms with Gasteiger partial charge in [-0.05, 0) is 51.9 Å². The highest BCUT2D eigenvalue weighted by Crippen LogP contribution is 2.20. The first-order valence-corrected chi connectivity index (χ1v) is 7.01. The van der Waals surface area contributed by atoms with Crippen molar-refractivity contribution >= 4 is 29.9 Å². The maximum Gasteiger partial charge on any atom is 0.220 e. The molecule has 3 nitrogen and oxygen atoms in total. The van der Waals surface area contributed by atoms with Gasteiger partial charge in [0.05, 0.1) is 0 Å². The van der Waals surface area contributed by atoms with E-state index in [4.69, 9.17) is 11.6 Å². The molecule has 0 aromatic heterocycles. The number of benzene rings is 1. The van der Waals surface area contributed by atoms with Crippen molar-refractivity contribution in [3.8, 4) is 0 Å². The number of rotatable bonds is 7. The molecular formula is C15H24Cl2N2O. The Morgan fingerprint density at radius 1 is 1.30 bits per heavy atom. The van der Waals surface area contributed by atoms with Crippen LogP contribution in [-0.2, 0) is 11.2 Å². The molecule has 1 aromatic rings. The van der Waals surface area contributed by atoms with E-state index in [9.17, 15) is 4.79 Å². The second kappa shape index (κ2) is 9.22. The maximum absolute atomic E-state index is 11.8. The lowest BCUT2D eigenvalue weighted by Gasteiger charge is -2.27. The van der Waals surface area contributed by atoms with Crippen LogP contribution in [0.4, 0.5) is 0 Å². The highest BCUT2D eigenvalue weighted by atomic mass is 35.5. The summed E-state index contributed by atoms with van der Waals surface area (Å²) in [4.78, 5) is 11.8. The van der Waals surface area contributed by atoms with Crippen LogP contribution >= 0.6 is 24.0 Å². The smallest absolute Gasteiger partial charge is 0.220 e. The Balaban J connectivity index is 0.00000361. The Morgan fingerprint density at radius 2 is 1.95 bits per heavy atom. The van der Waals surface area contributed by atoms with Crippen molar-refractivity contribution in [3.05, 3.63) is 34.9 Å². The van der Waals surface area contributed by atoms with E-state index in [-0.39, 0.29) is 23.9 Å². The maximum atomic E-state index is 11.8. The van der Waals surface area contributed by atoms with E-state index in [0.29, 0.717) is 6.42 Å². The van der Waals surface area contributed by atoms with Crippen LogP contribution in [0.5, 0.6) is 0 Å². The molecule has 5 heteroatoms. The molecule has 0 radical (unpaired) electrons. The van der Waals surface area contributed by atoms with Gasteiger partial charge in [0.25, 0.3) is 0 Å². The molecule has 0 heterocycles. The largest absolute Gasteiger partial charge is 0.351 e. The topological polar surface area (TPSA) is 41.1 Å². The summed E-state index contributed by atoms with van der Waals surface area (Å²) < 4.78 is 0. The first kappa shape index (κ1) is 19.2. The van der Waals surface area contributed by atoms with Crippen molar-refractivity contribution in [3.63, 3.8) is 0 Å². The van der Waals surface area contributed by atoms with Crippen molar-refractivity contribution in [2.75, 3.05) is 13.6 Å². The van der Waals surface area contributed by atoms with Gasteiger partial charge in [-0.25, -0.2) is 0 Å². The number of carbonyl (C=O) groups excluding carboxylic acids is 1. The SMILES string of the molecule is CNCCCC(=O)NC(C)(C)Cc1ccccc1Cl.Cl. The van der Waals surface area contributed by atoms with Crippen LogP contribution in [0.3, 0.4) is 0 Å². The van der Waals surface area contributed by atoms with E-state index in [0.717, 1.165) is 30.0 Å². The van der Waals surface area contributed by atoms with Gasteiger partial charge in [0, 0.05) is 17.0 Å². The fraction of sp³-hybridized carbons (Fsp3) is 0.533. The molecule has 0 atom stereocenters. The van der Waals surface area contributed by atoms with Crippen LogP contribution in [0.15, 0.2) is 24.3 Å². The summed E-state index contributed by atoms with van der Waals surface area (Å²) in [5.74, 6) is 0.0901. The summed E-state index contributed by atoms with van der Waals surface area (Å²) in [6.45, 7) is 4.90. The summed E-state index contributed by atoms with van der Waals surface area (Å²) >= 11 is 6.15. The van der Waals surface area contributed by atoms with Gasteiger partial charge in [-0.2, -0.15) is 0 Å². The first-order chi connectivity index (χ1) is 8.94. The minimum absolute atomic E-state index is 0. The normalized spacial score (nSPS) is 10.8. The number of hydrogen-bond acceptors (Lipinski definition) is 2. The Morgan fingerprint density at radius 3 is 2.55 bits per heavy atom. The standard InChI is InChI=1S/C15H23ClN2O.ClH/c1-15(2,18-14(19)9-6-10-17-3)11-12-7-4-5-8-13(12)16;/h4-5,7-8,17H,6,9-11H2,1-3H3,(H,18,19);1H. The lowest BCUT2D eigenvalue weighted by Crippen LogP contribution is -2.45. The van der Waals surface area contributed by atoms with E-state index in [1.807, 2.05) is 45.2 Å². The molecule has 114 valence electrons. The van der Waals surface area contributed by atoms with Crippen molar-refractivity contribution in [1.82, 2.24) is 10.6 Å². The minimum atomic E-state index is -0.290. The Labute approximate surface area is 132 Å². The first-order valence-electron chi connectivity index (χ1n) is 6.63. The quantitative estimate of drug-likeness (QED) is 0.758. The third kappa shape index (κ3) is 7.13. The second-order valence-electron chi connectivity index (χ2n) is 5.41. The van der Waals surface area contributed by atoms with E-state index in [1.165, 1.54) is 0 Å². The number of hydrogen-bond donors (Lipinski definition) is 2. The zero-order valence-corrected chi connectivity index (χ0v) is 13.9. The molecule has 0 bridgehead atoms. The Bertz CT molecular complexity index is 422. The highest BCUT2D eigenvalue weighted by Gasteiger charge is 2.21. The van der Waals surface area contributed by atoms with Crippen LogP contribution in [0, 0.1) is 0 Å². The molecule has 0 aliphatic rings. The van der Waals surface area contributed by atoms with Gasteiger partial charge in [0.15, 0.2) is 0 Å². The predicted octanol–water partition coefficient (Wildman–Crippen LogP) is 3.20. The van der Waals surface area contributed by atoms with E-state index in [2.05, 4.69) is 10.6 Å². The van der Waals surface area contributed by atoms with Gasteiger partial charge in [-0.15, -0.1) is 12.4 Å². The molecule has 0 aliphatic heterocycles. The fourth-order valence-electron chi connectivity index (χ4n) is 2.03. The van der Waals surface area contributed by atoms with Crippen LogP contribution in [-0.4, -0.2) is 25.0 Å². The number of carbonyl (C=O) groups is 1. The summed E-state index contributed by atoms with van der Waals surface area (Å²) in [6.07, 6.45) is 2.13. The summed E-state index contributed by atoms with van der Waals surface area (Å²) in [5, 5.41) is 6.85. The third-order valence-corrected chi connectivity index (χ3v) is 3.27. The monoisotopic (exact) mass is 318 g/mol. The van der Waals surface area contributed by atoms with Crippen molar-refractivity contribution < 1.29 is 4.79 Å². The van der Waals surface area contributed by atoms with Gasteiger partial charge in [-0.1, -0.05) is 29.8 Å². The fourth-order valence-corrected chi connectivity index (χ4v) is 2.23. The van der Waals surface area contributed by atoms with Crippen LogP contribution in [0.1, 0.15) is 32.3 Å². The van der Waals surface area contributed by atoms with Gasteiger partial charge in [-0.3, -0.25) is 4.79 Å². The zero-order valence-electron chi connectivity index (χ0n) is 12.3. The zero-order chi connectivity index (χ0) is 14.3. The van der Waals surface area contributed by atoms with E-state index >= 15 is 0 Å². The lowest BCUT2D eigenvalue weighted by molar-refractivity contribution is -0.122. The molecule has 20 heavy (non-hydrogen) atoms. The second-order valence-corrected chi connectivity index (χ2v) is 5.81. The molecule has 1 amide bonds. The van der Waals surface area contributed by atoms with Gasteiger partial charge in [0.1, 0.15) is 0 Å². The van der Waals surface area contributed by atoms with E-state index in [1.54, 1.807) is 0 Å². The number of halogens is 2. The predicted molar refractivity (Wildman–Crippen MR) is 87.8 cm³/mol. The molecule has 0 aliphatic carbocycles. The lowest BCUT2D eigenvalue weighted by atomic mass is 9.94. The molecule has 0 fully saturated rings. The van der Waals surface area contributed by atoms with Gasteiger partial charge in [0.2, 0.25) is 5.91 Å².